The van der Waals surface area contributed by atoms with Crippen molar-refractivity contribution in [2.24, 2.45) is 7.05 Å². The van der Waals surface area contributed by atoms with Crippen LogP contribution in [0.3, 0.4) is 0 Å². The first-order chi connectivity index (χ1) is 11.8. The average Bonchev–Trinajstić information content (AvgIpc) is 3.18. The smallest absolute Gasteiger partial charge is 0.342 e. The SMILES string of the molecule is Cn1nnnc1C(F)(F)C(O)(Cn1cncn1)c1ccc(F)cc1F. The van der Waals surface area contributed by atoms with E-state index >= 15 is 8.78 Å². The molecule has 0 saturated heterocycles. The predicted octanol–water partition coefficient (Wildman–Crippen LogP) is 0.760. The second-order valence-electron chi connectivity index (χ2n) is 5.28. The summed E-state index contributed by atoms with van der Waals surface area (Å²) >= 11 is 0. The van der Waals surface area contributed by atoms with Gasteiger partial charge < -0.3 is 5.11 Å². The lowest BCUT2D eigenvalue weighted by Gasteiger charge is -2.35. The van der Waals surface area contributed by atoms with Gasteiger partial charge in [0, 0.05) is 18.7 Å². The Balaban J connectivity index is 2.20. The third-order valence-electron chi connectivity index (χ3n) is 3.65. The van der Waals surface area contributed by atoms with Crippen LogP contribution in [0, 0.1) is 11.6 Å². The summed E-state index contributed by atoms with van der Waals surface area (Å²) in [6, 6.07) is 1.89. The summed E-state index contributed by atoms with van der Waals surface area (Å²) in [5.41, 5.74) is -4.00. The first-order valence-corrected chi connectivity index (χ1v) is 6.86. The highest BCUT2D eigenvalue weighted by Gasteiger charge is 2.59. The molecule has 0 aliphatic carbocycles. The number of nitrogens with zero attached hydrogens (tertiary/aromatic N) is 7. The molecular formula is C13H11F4N7O. The summed E-state index contributed by atoms with van der Waals surface area (Å²) in [5, 5.41) is 24.1. The highest BCUT2D eigenvalue weighted by atomic mass is 19.3. The van der Waals surface area contributed by atoms with Gasteiger partial charge in [0.15, 0.2) is 5.60 Å². The summed E-state index contributed by atoms with van der Waals surface area (Å²) in [4.78, 5) is 3.60. The molecule has 12 heteroatoms. The van der Waals surface area contributed by atoms with E-state index in [4.69, 9.17) is 0 Å². The molecule has 2 aromatic heterocycles. The molecule has 0 fully saturated rings. The number of benzene rings is 1. The zero-order valence-corrected chi connectivity index (χ0v) is 12.7. The quantitative estimate of drug-likeness (QED) is 0.678. The van der Waals surface area contributed by atoms with Crippen molar-refractivity contribution in [3.05, 3.63) is 53.9 Å². The number of aliphatic hydroxyl groups is 1. The Morgan fingerprint density at radius 1 is 1.24 bits per heavy atom. The zero-order chi connectivity index (χ0) is 18.2. The molecular weight excluding hydrogens is 346 g/mol. The lowest BCUT2D eigenvalue weighted by molar-refractivity contribution is -0.211. The van der Waals surface area contributed by atoms with Gasteiger partial charge in [0.05, 0.1) is 6.54 Å². The van der Waals surface area contributed by atoms with Gasteiger partial charge in [0.2, 0.25) is 5.82 Å². The molecule has 132 valence electrons. The Morgan fingerprint density at radius 2 is 2.00 bits per heavy atom. The van der Waals surface area contributed by atoms with Crippen LogP contribution >= 0.6 is 0 Å². The van der Waals surface area contributed by atoms with Crippen molar-refractivity contribution in [3.63, 3.8) is 0 Å². The summed E-state index contributed by atoms with van der Waals surface area (Å²) in [7, 11) is 1.14. The molecule has 1 N–H and O–H groups in total. The van der Waals surface area contributed by atoms with E-state index in [1.807, 2.05) is 0 Å². The molecule has 0 aliphatic heterocycles. The maximum atomic E-state index is 15.1. The standard InChI is InChI=1S/C13H11F4N7O/c1-23-11(20-21-22-23)13(16,17)12(25,5-24-7-18-6-19-24)9-3-2-8(14)4-10(9)15/h2-4,6-7,25H,5H2,1H3. The van der Waals surface area contributed by atoms with Crippen LogP contribution in [-0.4, -0.2) is 40.1 Å². The molecule has 0 spiro atoms. The molecule has 8 nitrogen and oxygen atoms in total. The molecule has 0 saturated carbocycles. The Kier molecular flexibility index (Phi) is 3.99. The molecule has 0 radical (unpaired) electrons. The number of hydrogen-bond acceptors (Lipinski definition) is 6. The van der Waals surface area contributed by atoms with E-state index in [0.29, 0.717) is 10.7 Å². The fourth-order valence-electron chi connectivity index (χ4n) is 2.41. The van der Waals surface area contributed by atoms with E-state index in [0.717, 1.165) is 36.5 Å². The maximum absolute atomic E-state index is 15.1. The fourth-order valence-corrected chi connectivity index (χ4v) is 2.41. The maximum Gasteiger partial charge on any atom is 0.342 e. The minimum absolute atomic E-state index is 0.395. The average molecular weight is 357 g/mol. The van der Waals surface area contributed by atoms with Gasteiger partial charge in [-0.15, -0.1) is 5.10 Å². The van der Waals surface area contributed by atoms with Gasteiger partial charge in [-0.3, -0.25) is 0 Å². The van der Waals surface area contributed by atoms with Crippen molar-refractivity contribution >= 4 is 0 Å². The van der Waals surface area contributed by atoms with Crippen LogP contribution in [0.1, 0.15) is 11.4 Å². The molecule has 2 heterocycles. The van der Waals surface area contributed by atoms with Crippen LogP contribution in [0.4, 0.5) is 17.6 Å². The highest BCUT2D eigenvalue weighted by Crippen LogP contribution is 2.46. The van der Waals surface area contributed by atoms with Gasteiger partial charge in [-0.2, -0.15) is 13.9 Å². The number of alkyl halides is 2. The Morgan fingerprint density at radius 3 is 2.56 bits per heavy atom. The highest BCUT2D eigenvalue weighted by molar-refractivity contribution is 5.29. The number of aromatic nitrogens is 7. The monoisotopic (exact) mass is 357 g/mol. The van der Waals surface area contributed by atoms with E-state index in [-0.39, 0.29) is 0 Å². The van der Waals surface area contributed by atoms with E-state index in [1.54, 1.807) is 0 Å². The van der Waals surface area contributed by atoms with Gasteiger partial charge in [-0.25, -0.2) is 23.1 Å². The van der Waals surface area contributed by atoms with Crippen molar-refractivity contribution in [2.45, 2.75) is 18.1 Å². The Bertz CT molecular complexity index is 882. The first-order valence-electron chi connectivity index (χ1n) is 6.86. The number of halogens is 4. The first kappa shape index (κ1) is 17.0. The Hall–Kier alpha value is -2.89. The number of aryl methyl sites for hydroxylation is 1. The molecule has 3 rings (SSSR count). The van der Waals surface area contributed by atoms with Crippen LogP contribution in [0.15, 0.2) is 30.9 Å². The van der Waals surface area contributed by atoms with Gasteiger partial charge in [-0.05, 0) is 22.6 Å². The van der Waals surface area contributed by atoms with Crippen LogP contribution in [0.2, 0.25) is 0 Å². The molecule has 0 bridgehead atoms. The molecule has 0 amide bonds. The minimum Gasteiger partial charge on any atom is -0.377 e. The van der Waals surface area contributed by atoms with E-state index in [1.165, 1.54) is 0 Å². The van der Waals surface area contributed by atoms with Crippen molar-refractivity contribution in [3.8, 4) is 0 Å². The number of rotatable bonds is 5. The van der Waals surface area contributed by atoms with Crippen molar-refractivity contribution in [1.82, 2.24) is 35.0 Å². The summed E-state index contributed by atoms with van der Waals surface area (Å²) in [6.07, 6.45) is 2.13. The topological polar surface area (TPSA) is 94.5 Å². The van der Waals surface area contributed by atoms with Crippen molar-refractivity contribution in [1.29, 1.82) is 0 Å². The Labute approximate surface area is 137 Å². The normalized spacial score (nSPS) is 14.5. The molecule has 1 aromatic carbocycles. The third-order valence-corrected chi connectivity index (χ3v) is 3.65. The van der Waals surface area contributed by atoms with Gasteiger partial charge in [-0.1, -0.05) is 0 Å². The van der Waals surface area contributed by atoms with Crippen LogP contribution in [-0.2, 0) is 25.1 Å². The molecule has 0 aliphatic rings. The van der Waals surface area contributed by atoms with Crippen molar-refractivity contribution < 1.29 is 22.7 Å². The van der Waals surface area contributed by atoms with Gasteiger partial charge >= 0.3 is 5.92 Å². The third kappa shape index (κ3) is 2.73. The van der Waals surface area contributed by atoms with Crippen LogP contribution < -0.4 is 0 Å². The molecule has 1 unspecified atom stereocenters. The van der Waals surface area contributed by atoms with E-state index in [2.05, 4.69) is 25.6 Å². The lowest BCUT2D eigenvalue weighted by Crippen LogP contribution is -2.48. The summed E-state index contributed by atoms with van der Waals surface area (Å²) in [6.45, 7) is -0.880. The number of tetrazole rings is 1. The van der Waals surface area contributed by atoms with Crippen LogP contribution in [0.25, 0.3) is 0 Å². The molecule has 3 aromatic rings. The fraction of sp³-hybridized carbons (Fsp3) is 0.308. The second kappa shape index (κ2) is 5.88. The van der Waals surface area contributed by atoms with Gasteiger partial charge in [0.1, 0.15) is 24.3 Å². The molecule has 1 atom stereocenters. The summed E-state index contributed by atoms with van der Waals surface area (Å²) in [5.74, 6) is -7.47. The van der Waals surface area contributed by atoms with Gasteiger partial charge in [0.25, 0.3) is 0 Å². The minimum atomic E-state index is -4.14. The van der Waals surface area contributed by atoms with E-state index in [9.17, 15) is 13.9 Å². The lowest BCUT2D eigenvalue weighted by atomic mass is 9.86. The van der Waals surface area contributed by atoms with Crippen LogP contribution in [0.5, 0.6) is 0 Å². The zero-order valence-electron chi connectivity index (χ0n) is 12.7. The molecule has 25 heavy (non-hydrogen) atoms. The van der Waals surface area contributed by atoms with E-state index < -0.39 is 41.1 Å². The predicted molar refractivity (Wildman–Crippen MR) is 73.0 cm³/mol. The number of hydrogen-bond donors (Lipinski definition) is 1. The summed E-state index contributed by atoms with van der Waals surface area (Å²) < 4.78 is 59.2. The second-order valence-corrected chi connectivity index (χ2v) is 5.28. The largest absolute Gasteiger partial charge is 0.377 e. The van der Waals surface area contributed by atoms with Crippen molar-refractivity contribution in [2.75, 3.05) is 0 Å².